The topological polar surface area (TPSA) is 64.8 Å². The molecule has 0 amide bonds. The van der Waals surface area contributed by atoms with Crippen LogP contribution >= 0.6 is 0 Å². The number of aromatic nitrogens is 4. The van der Waals surface area contributed by atoms with Gasteiger partial charge in [0.2, 0.25) is 0 Å². The molecule has 1 unspecified atom stereocenters. The van der Waals surface area contributed by atoms with Crippen LogP contribution in [0.5, 0.6) is 11.5 Å². The van der Waals surface area contributed by atoms with Gasteiger partial charge in [0.1, 0.15) is 19.5 Å². The number of rotatable bonds is 2. The van der Waals surface area contributed by atoms with Crippen LogP contribution in [-0.4, -0.2) is 39.3 Å². The Hall–Kier alpha value is -2.83. The van der Waals surface area contributed by atoms with Crippen molar-refractivity contribution in [1.29, 1.82) is 0 Å². The highest BCUT2D eigenvalue weighted by molar-refractivity contribution is 5.52. The molecule has 3 aromatic rings. The minimum atomic E-state index is 0.275. The number of hydrogen-bond donors (Lipinski definition) is 0. The molecule has 1 fully saturated rings. The Kier molecular flexibility index (Phi) is 3.04. The van der Waals surface area contributed by atoms with E-state index in [-0.39, 0.29) is 6.04 Å². The Bertz CT molecular complexity index is 894. The molecule has 5 rings (SSSR count). The van der Waals surface area contributed by atoms with Gasteiger partial charge in [-0.05, 0) is 30.5 Å². The third-order valence-corrected chi connectivity index (χ3v) is 4.67. The summed E-state index contributed by atoms with van der Waals surface area (Å²) in [6.45, 7) is 2.19. The summed E-state index contributed by atoms with van der Waals surface area (Å²) in [6, 6.07) is 6.52. The van der Waals surface area contributed by atoms with Gasteiger partial charge in [-0.15, -0.1) is 0 Å². The van der Waals surface area contributed by atoms with E-state index in [1.165, 1.54) is 5.56 Å². The summed E-state index contributed by atoms with van der Waals surface area (Å²) in [5.74, 6) is 2.64. The first-order valence-corrected chi connectivity index (χ1v) is 8.20. The second-order valence-electron chi connectivity index (χ2n) is 6.05. The fraction of sp³-hybridized carbons (Fsp3) is 0.353. The Labute approximate surface area is 138 Å². The van der Waals surface area contributed by atoms with Crippen LogP contribution in [0.3, 0.4) is 0 Å². The molecule has 0 N–H and O–H groups in total. The Morgan fingerprint density at radius 1 is 1.08 bits per heavy atom. The number of ether oxygens (including phenoxy) is 2. The molecule has 24 heavy (non-hydrogen) atoms. The number of benzene rings is 1. The minimum Gasteiger partial charge on any atom is -0.486 e. The van der Waals surface area contributed by atoms with Crippen molar-refractivity contribution in [3.63, 3.8) is 0 Å². The van der Waals surface area contributed by atoms with E-state index < -0.39 is 0 Å². The van der Waals surface area contributed by atoms with E-state index in [2.05, 4.69) is 32.1 Å². The second kappa shape index (κ2) is 5.36. The summed E-state index contributed by atoms with van der Waals surface area (Å²) < 4.78 is 13.2. The van der Waals surface area contributed by atoms with Crippen molar-refractivity contribution in [3.8, 4) is 11.5 Å². The lowest BCUT2D eigenvalue weighted by molar-refractivity contribution is 0.171. The van der Waals surface area contributed by atoms with Crippen LogP contribution in [0.2, 0.25) is 0 Å². The van der Waals surface area contributed by atoms with Gasteiger partial charge in [-0.1, -0.05) is 6.07 Å². The van der Waals surface area contributed by atoms with Gasteiger partial charge in [0.05, 0.1) is 18.4 Å². The zero-order valence-electron chi connectivity index (χ0n) is 13.1. The first kappa shape index (κ1) is 13.6. The van der Waals surface area contributed by atoms with E-state index in [4.69, 9.17) is 9.47 Å². The zero-order chi connectivity index (χ0) is 15.9. The smallest absolute Gasteiger partial charge is 0.175 e. The Morgan fingerprint density at radius 3 is 2.96 bits per heavy atom. The lowest BCUT2D eigenvalue weighted by Gasteiger charge is -2.28. The highest BCUT2D eigenvalue weighted by Crippen LogP contribution is 2.39. The molecule has 0 spiro atoms. The quantitative estimate of drug-likeness (QED) is 0.720. The predicted molar refractivity (Wildman–Crippen MR) is 87.5 cm³/mol. The van der Waals surface area contributed by atoms with Crippen LogP contribution in [0.1, 0.15) is 24.4 Å². The Morgan fingerprint density at radius 2 is 2.00 bits per heavy atom. The fourth-order valence-corrected chi connectivity index (χ4v) is 3.59. The molecule has 7 heteroatoms. The lowest BCUT2D eigenvalue weighted by atomic mass is 10.0. The number of fused-ring (bicyclic) bond motifs is 2. The number of hydrogen-bond acceptors (Lipinski definition) is 6. The van der Waals surface area contributed by atoms with Crippen LogP contribution in [0, 0.1) is 0 Å². The van der Waals surface area contributed by atoms with Gasteiger partial charge in [-0.2, -0.15) is 9.61 Å². The van der Waals surface area contributed by atoms with Crippen LogP contribution in [0.15, 0.2) is 36.9 Å². The first-order valence-electron chi connectivity index (χ1n) is 8.20. The molecular weight excluding hydrogens is 306 g/mol. The lowest BCUT2D eigenvalue weighted by Crippen LogP contribution is -2.25. The highest BCUT2D eigenvalue weighted by atomic mass is 16.6. The van der Waals surface area contributed by atoms with Crippen LogP contribution < -0.4 is 14.4 Å². The van der Waals surface area contributed by atoms with Gasteiger partial charge >= 0.3 is 0 Å². The molecule has 0 saturated carbocycles. The standard InChI is InChI=1S/C17H17N5O2/c1-2-13(12-3-4-14-15(8-12)24-7-6-23-14)21(5-1)17-10-18-9-16-19-11-20-22(16)17/h3-4,8-11,13H,1-2,5-7H2. The van der Waals surface area contributed by atoms with E-state index in [1.54, 1.807) is 12.5 Å². The van der Waals surface area contributed by atoms with Crippen LogP contribution in [0.4, 0.5) is 5.82 Å². The summed E-state index contributed by atoms with van der Waals surface area (Å²) in [7, 11) is 0. The maximum absolute atomic E-state index is 5.74. The fourth-order valence-electron chi connectivity index (χ4n) is 3.59. The summed E-state index contributed by atoms with van der Waals surface area (Å²) in [5.41, 5.74) is 1.99. The maximum atomic E-state index is 5.74. The summed E-state index contributed by atoms with van der Waals surface area (Å²) in [4.78, 5) is 10.9. The molecular formula is C17H17N5O2. The number of anilines is 1. The molecule has 122 valence electrons. The summed E-state index contributed by atoms with van der Waals surface area (Å²) >= 11 is 0. The average Bonchev–Trinajstić information content (AvgIpc) is 3.30. The molecule has 0 aliphatic carbocycles. The van der Waals surface area contributed by atoms with Gasteiger partial charge in [-0.3, -0.25) is 4.98 Å². The molecule has 2 aromatic heterocycles. The van der Waals surface area contributed by atoms with E-state index in [9.17, 15) is 0 Å². The molecule has 0 radical (unpaired) electrons. The highest BCUT2D eigenvalue weighted by Gasteiger charge is 2.29. The van der Waals surface area contributed by atoms with Crippen LogP contribution in [-0.2, 0) is 0 Å². The molecule has 1 atom stereocenters. The van der Waals surface area contributed by atoms with E-state index in [0.717, 1.165) is 42.4 Å². The second-order valence-corrected chi connectivity index (χ2v) is 6.05. The molecule has 2 aliphatic rings. The maximum Gasteiger partial charge on any atom is 0.175 e. The average molecular weight is 323 g/mol. The molecule has 2 aliphatic heterocycles. The largest absolute Gasteiger partial charge is 0.486 e. The first-order chi connectivity index (χ1) is 11.9. The summed E-state index contributed by atoms with van der Waals surface area (Å²) in [5, 5.41) is 4.34. The van der Waals surface area contributed by atoms with Gasteiger partial charge in [-0.25, -0.2) is 4.98 Å². The monoisotopic (exact) mass is 323 g/mol. The van der Waals surface area contributed by atoms with E-state index in [1.807, 2.05) is 16.8 Å². The molecule has 4 heterocycles. The summed E-state index contributed by atoms with van der Waals surface area (Å²) in [6.07, 6.45) is 7.37. The number of nitrogens with zero attached hydrogens (tertiary/aromatic N) is 5. The third-order valence-electron chi connectivity index (χ3n) is 4.67. The van der Waals surface area contributed by atoms with Crippen molar-refractivity contribution in [3.05, 3.63) is 42.5 Å². The van der Waals surface area contributed by atoms with Crippen molar-refractivity contribution in [2.75, 3.05) is 24.7 Å². The predicted octanol–water partition coefficient (Wildman–Crippen LogP) is 2.24. The Balaban J connectivity index is 1.55. The molecule has 7 nitrogen and oxygen atoms in total. The van der Waals surface area contributed by atoms with Crippen molar-refractivity contribution < 1.29 is 9.47 Å². The third kappa shape index (κ3) is 2.08. The van der Waals surface area contributed by atoms with Gasteiger partial charge < -0.3 is 14.4 Å². The van der Waals surface area contributed by atoms with Gasteiger partial charge in [0.25, 0.3) is 0 Å². The van der Waals surface area contributed by atoms with Gasteiger partial charge in [0, 0.05) is 6.54 Å². The zero-order valence-corrected chi connectivity index (χ0v) is 13.1. The van der Waals surface area contributed by atoms with Crippen molar-refractivity contribution in [1.82, 2.24) is 19.6 Å². The van der Waals surface area contributed by atoms with Crippen molar-refractivity contribution >= 4 is 11.5 Å². The minimum absolute atomic E-state index is 0.275. The molecule has 1 aromatic carbocycles. The van der Waals surface area contributed by atoms with Crippen molar-refractivity contribution in [2.24, 2.45) is 0 Å². The molecule has 1 saturated heterocycles. The van der Waals surface area contributed by atoms with Gasteiger partial charge in [0.15, 0.2) is 23.0 Å². The van der Waals surface area contributed by atoms with Crippen LogP contribution in [0.25, 0.3) is 5.65 Å². The normalized spacial score (nSPS) is 19.8. The van der Waals surface area contributed by atoms with Crippen molar-refractivity contribution in [2.45, 2.75) is 18.9 Å². The SMILES string of the molecule is c1nc2cncc(N3CCCC3c3ccc4c(c3)OCCO4)n2n1. The molecule has 0 bridgehead atoms. The van der Waals surface area contributed by atoms with E-state index >= 15 is 0 Å². The van der Waals surface area contributed by atoms with E-state index in [0.29, 0.717) is 13.2 Å².